The maximum atomic E-state index is 13.6. The van der Waals surface area contributed by atoms with Crippen molar-refractivity contribution in [3.8, 4) is 57.5 Å². The number of likely N-dealkylation sites (N-methyl/N-ethyl adjacent to an activating group) is 5. The molecular weight excluding hydrogens is 1850 g/mol. The highest BCUT2D eigenvalue weighted by molar-refractivity contribution is 6.03. The van der Waals surface area contributed by atoms with Crippen LogP contribution < -0.4 is 47.4 Å². The van der Waals surface area contributed by atoms with Gasteiger partial charge in [0.1, 0.15) is 38.4 Å². The first-order chi connectivity index (χ1) is 88.0. The average Bonchev–Trinajstić information content (AvgIpc) is 1.59. The number of hydrogen-bond donors (Lipinski definition) is 5. The number of carbonyl (C=O) groups excluding carboxylic acids is 10. The summed E-state index contributed by atoms with van der Waals surface area (Å²) in [6.45, 7) is -23.3. The molecule has 730 valence electrons. The molecule has 10 aromatic carbocycles. The largest absolute Gasteiger partial charge is 0.454 e. The van der Waals surface area contributed by atoms with Crippen LogP contribution in [0.15, 0.2) is 212 Å². The summed E-state index contributed by atoms with van der Waals surface area (Å²) >= 11 is 0. The number of carbonyl (C=O) groups is 10. The third-order valence-electron chi connectivity index (χ3n) is 26.8. The number of H-pyrrole nitrogens is 5. The molecule has 0 saturated carbocycles. The molecule has 5 aromatic heterocycles. The minimum absolute atomic E-state index is 0.0146. The first-order valence-electron chi connectivity index (χ1n) is 66.5. The number of aromatic nitrogens is 5. The third kappa shape index (κ3) is 14.2. The third-order valence-corrected chi connectivity index (χ3v) is 26.8. The number of nitrogens with one attached hydrogen (secondary N) is 5. The topological polar surface area (TPSA) is 374 Å². The molecule has 35 heteroatoms. The Morgan fingerprint density at radius 2 is 0.586 bits per heavy atom. The number of piperazine rings is 5. The standard InChI is InChI=1S/5C22H19N3O4/c5*1-24-10-19(26)25-16(22(24)27)9-14-13-4-2-3-5-15(13)23-20(14)21(25)12-6-7-17-18(8-12)29-11-28-17/h5*2-8,16,21,23H,9-11H2,1H3/t5*16-,21?/m11111/s1/i2D,3D,4D,5D,6D,7D,8D,9D2,11D2;1D3,2D,3D,4D,5D,9D2,11D2;1D3,2D,3D,4D,5D,9D2;1D3,9D2,16D;1D3,9D2,11D2. The fourth-order valence-corrected chi connectivity index (χ4v) is 20.4. The van der Waals surface area contributed by atoms with E-state index >= 15 is 0 Å². The van der Waals surface area contributed by atoms with Gasteiger partial charge >= 0.3 is 0 Å². The van der Waals surface area contributed by atoms with Crippen LogP contribution in [0.1, 0.15) is 175 Å². The first kappa shape index (κ1) is 52.9. The van der Waals surface area contributed by atoms with E-state index in [2.05, 4.69) is 24.9 Å². The Balaban J connectivity index is 0.000000112. The number of rotatable bonds is 5. The summed E-state index contributed by atoms with van der Waals surface area (Å²) in [5, 5.41) is 0.276. The Morgan fingerprint density at radius 3 is 0.993 bits per heavy atom. The van der Waals surface area contributed by atoms with Crippen molar-refractivity contribution in [2.75, 3.05) is 101 Å². The van der Waals surface area contributed by atoms with E-state index in [1.54, 1.807) is 91.0 Å². The van der Waals surface area contributed by atoms with Crippen molar-refractivity contribution in [2.24, 2.45) is 0 Å². The molecule has 0 spiro atoms. The summed E-state index contributed by atoms with van der Waals surface area (Å²) in [6, 6.07) is 6.65. The number of fused-ring (bicyclic) bond motifs is 25. The van der Waals surface area contributed by atoms with Gasteiger partial charge in [0.05, 0.1) is 84.9 Å². The second-order valence-corrected chi connectivity index (χ2v) is 34.9. The lowest BCUT2D eigenvalue weighted by atomic mass is 9.86. The second-order valence-electron chi connectivity index (χ2n) is 34.9. The highest BCUT2D eigenvalue weighted by atomic mass is 16.7. The molecule has 15 aliphatic rings. The molecule has 0 radical (unpaired) electrons. The summed E-state index contributed by atoms with van der Waals surface area (Å²) in [4.78, 5) is 157. The van der Waals surface area contributed by atoms with Crippen LogP contribution in [0.5, 0.6) is 57.5 Å². The van der Waals surface area contributed by atoms with Crippen molar-refractivity contribution in [1.82, 2.24) is 73.9 Å². The zero-order valence-corrected chi connectivity index (χ0v) is 74.3. The zero-order chi connectivity index (χ0) is 137. The van der Waals surface area contributed by atoms with Crippen LogP contribution in [0.25, 0.3) is 54.5 Å². The number of ether oxygens (including phenoxy) is 10. The molecule has 5 unspecified atom stereocenters. The molecule has 0 aliphatic carbocycles. The fourth-order valence-electron chi connectivity index (χ4n) is 20.4. The van der Waals surface area contributed by atoms with Gasteiger partial charge in [0.15, 0.2) is 57.5 Å². The number of aromatic amines is 5. The minimum atomic E-state index is -3.06. The van der Waals surface area contributed by atoms with Gasteiger partial charge in [0.25, 0.3) is 0 Å². The Hall–Kier alpha value is -17.4. The number of amides is 10. The van der Waals surface area contributed by atoms with Crippen LogP contribution in [-0.2, 0) is 79.8 Å². The SMILES string of the molecule is [2H]C([2H])([2H])N1CC(=O)N2C(c3ccc4c(c3)OCO4)c3[nH]c4ccccc4c3C([2H])([2H])[C@]2([2H])C1=O.[2H]C1([2H])Oc2ccc(C3c4[nH]c5ccccc5c4C([2H])([2H])[C@@H]4C(=O)N(C([2H])([2H])[2H])CC(=O)N34)cc2O1.[2H]c1c([2H])c(C2c3[nH]c4c([2H])c([2H])c([2H])c([2H])c4c3C([2H])([2H])[C@@H]3C(=O)N(C)CC(=O)N23)c([2H])c2c1OC([2H])([2H])O2.[2H]c1c([2H])c([2H])c2c3c([nH]c2c1[2H])C(c1ccc2c(c1)OC([2H])([2H])O2)N1C(=O)CN(C([2H])([2H])[2H])C(=O)[C@H]1C3([2H])[2H].[2H]c1c([2H])c([2H])c2c3c([nH]c2c1[2H])C(c1ccc2c(c1)OCO2)N1C(=O)CN(C([2H])([2H])[2H])C(=O)[C@H]1C3([2H])[2H]. The summed E-state index contributed by atoms with van der Waals surface area (Å²) in [7, 11) is 1.30. The van der Waals surface area contributed by atoms with E-state index in [1.165, 1.54) is 37.4 Å². The molecule has 15 aliphatic heterocycles. The molecule has 35 nitrogen and oxygen atoms in total. The van der Waals surface area contributed by atoms with E-state index in [4.69, 9.17) is 106 Å². The van der Waals surface area contributed by atoms with Crippen molar-refractivity contribution in [1.29, 1.82) is 0 Å². The number of nitrogens with zero attached hydrogens (tertiary/aromatic N) is 10. The maximum absolute atomic E-state index is 13.6. The zero-order valence-electron chi connectivity index (χ0n) is 118. The van der Waals surface area contributed by atoms with Crippen molar-refractivity contribution in [3.05, 3.63) is 296 Å². The van der Waals surface area contributed by atoms with Crippen molar-refractivity contribution in [2.45, 2.75) is 92.3 Å². The molecule has 145 heavy (non-hydrogen) atoms. The molecule has 0 bridgehead atoms. The van der Waals surface area contributed by atoms with Crippen molar-refractivity contribution < 1.29 is 156 Å². The van der Waals surface area contributed by atoms with Gasteiger partial charge < -0.3 is 121 Å². The smallest absolute Gasteiger partial charge is 0.245 e. The Bertz CT molecular complexity index is 10500. The van der Waals surface area contributed by atoms with E-state index in [0.717, 1.165) is 29.4 Å². The summed E-state index contributed by atoms with van der Waals surface area (Å²) in [5.41, 5.74) is 1.44. The Labute approximate surface area is 888 Å². The fraction of sp³-hybridized carbons (Fsp3) is 0.273. The van der Waals surface area contributed by atoms with Gasteiger partial charge in [0, 0.05) is 180 Å². The van der Waals surface area contributed by atoms with Crippen LogP contribution in [0.3, 0.4) is 0 Å². The van der Waals surface area contributed by atoms with E-state index in [0.29, 0.717) is 92.5 Å². The minimum Gasteiger partial charge on any atom is -0.454 e. The number of para-hydroxylation sites is 5. The Morgan fingerprint density at radius 1 is 0.290 bits per heavy atom. The lowest BCUT2D eigenvalue weighted by molar-refractivity contribution is -0.157. The van der Waals surface area contributed by atoms with Crippen LogP contribution in [0.4, 0.5) is 0 Å². The van der Waals surface area contributed by atoms with Crippen molar-refractivity contribution in [3.63, 3.8) is 0 Å². The lowest BCUT2D eigenvalue weighted by Gasteiger charge is -2.46. The van der Waals surface area contributed by atoms with Gasteiger partial charge in [-0.05, 0) is 147 Å². The molecule has 30 rings (SSSR count). The van der Waals surface area contributed by atoms with Gasteiger partial charge in [-0.25, -0.2) is 0 Å². The monoisotopic (exact) mass is 1990 g/mol. The second kappa shape index (κ2) is 33.9. The van der Waals surface area contributed by atoms with E-state index in [9.17, 15) is 49.3 Å². The van der Waals surface area contributed by atoms with Crippen LogP contribution in [0.2, 0.25) is 0 Å². The molecule has 5 saturated heterocycles. The van der Waals surface area contributed by atoms with E-state index in [1.807, 2.05) is 0 Å². The first-order valence-corrected chi connectivity index (χ1v) is 44.5. The normalized spacial score (nSPS) is 30.8. The summed E-state index contributed by atoms with van der Waals surface area (Å²) in [5.74, 6) is -8.68. The highest BCUT2D eigenvalue weighted by Gasteiger charge is 2.55. The van der Waals surface area contributed by atoms with E-state index in [-0.39, 0.29) is 120 Å². The van der Waals surface area contributed by atoms with E-state index < -0.39 is 340 Å². The average molecular weight is 1990 g/mol. The van der Waals surface area contributed by atoms with Gasteiger partial charge in [-0.1, -0.05) is 121 Å². The van der Waals surface area contributed by atoms with Crippen molar-refractivity contribution >= 4 is 114 Å². The molecule has 20 heterocycles. The molecule has 15 aromatic rings. The highest BCUT2D eigenvalue weighted by Crippen LogP contribution is 2.53. The molecule has 5 N–H and O–H groups in total. The molecular formula is C110H95N15O20. The molecule has 10 atom stereocenters. The summed E-state index contributed by atoms with van der Waals surface area (Å²) in [6.07, 6.45) is -13.4. The predicted octanol–water partition coefficient (Wildman–Crippen LogP) is 11.1. The van der Waals surface area contributed by atoms with Crippen LogP contribution >= 0.6 is 0 Å². The molecule has 10 amide bonds. The predicted molar refractivity (Wildman–Crippen MR) is 523 cm³/mol. The quantitative estimate of drug-likeness (QED) is 0.107. The number of benzene rings is 10. The molecule has 5 fully saturated rings. The summed E-state index contributed by atoms with van der Waals surface area (Å²) < 4.78 is 417. The van der Waals surface area contributed by atoms with Gasteiger partial charge in [-0.15, -0.1) is 0 Å². The van der Waals surface area contributed by atoms with Gasteiger partial charge in [-0.3, -0.25) is 47.9 Å². The van der Waals surface area contributed by atoms with Gasteiger partial charge in [0.2, 0.25) is 92.9 Å². The van der Waals surface area contributed by atoms with Crippen LogP contribution in [0, 0.1) is 0 Å². The Kier molecular flexibility index (Phi) is 12.4. The number of hydrogen-bond acceptors (Lipinski definition) is 20. The van der Waals surface area contributed by atoms with Gasteiger partial charge in [-0.2, -0.15) is 0 Å². The maximum Gasteiger partial charge on any atom is 0.245 e. The van der Waals surface area contributed by atoms with Crippen LogP contribution in [-0.4, -0.2) is 265 Å². The lowest BCUT2D eigenvalue weighted by Crippen LogP contribution is -2.62.